The van der Waals surface area contributed by atoms with Crippen molar-refractivity contribution in [3.05, 3.63) is 54.3 Å². The van der Waals surface area contributed by atoms with Crippen LogP contribution in [0.4, 0.5) is 0 Å². The van der Waals surface area contributed by atoms with E-state index in [4.69, 9.17) is 9.47 Å². The minimum Gasteiger partial charge on any atom is -0.493 e. The molecule has 1 aromatic rings. The van der Waals surface area contributed by atoms with E-state index in [1.807, 2.05) is 55.5 Å². The molecule has 27 heavy (non-hydrogen) atoms. The highest BCUT2D eigenvalue weighted by Crippen LogP contribution is 2.39. The lowest BCUT2D eigenvalue weighted by molar-refractivity contribution is -0.167. The Hall–Kier alpha value is -2.03. The number of esters is 1. The molecule has 0 unspecified atom stereocenters. The third-order valence-corrected chi connectivity index (χ3v) is 6.15. The fourth-order valence-corrected chi connectivity index (χ4v) is 4.21. The summed E-state index contributed by atoms with van der Waals surface area (Å²) in [6, 6.07) is 10.0. The first-order valence-electron chi connectivity index (χ1n) is 10.2. The average Bonchev–Trinajstić information content (AvgIpc) is 3.02. The summed E-state index contributed by atoms with van der Waals surface area (Å²) < 4.78 is 11.8. The first-order valence-corrected chi connectivity index (χ1v) is 10.2. The van der Waals surface area contributed by atoms with E-state index < -0.39 is 5.41 Å². The summed E-state index contributed by atoms with van der Waals surface area (Å²) in [7, 11) is 0. The largest absolute Gasteiger partial charge is 0.493 e. The number of carbonyl (C=O) groups is 1. The number of rotatable bonds is 5. The van der Waals surface area contributed by atoms with Crippen molar-refractivity contribution < 1.29 is 14.3 Å². The van der Waals surface area contributed by atoms with Crippen LogP contribution >= 0.6 is 0 Å². The van der Waals surface area contributed by atoms with E-state index in [0.29, 0.717) is 17.8 Å². The molecule has 2 aliphatic rings. The van der Waals surface area contributed by atoms with Gasteiger partial charge in [0.2, 0.25) is 0 Å². The lowest BCUT2D eigenvalue weighted by Crippen LogP contribution is -2.42. The van der Waals surface area contributed by atoms with Crippen LogP contribution in [0.3, 0.4) is 0 Å². The van der Waals surface area contributed by atoms with E-state index in [0.717, 1.165) is 18.4 Å². The molecule has 1 aliphatic heterocycles. The van der Waals surface area contributed by atoms with Gasteiger partial charge in [-0.25, -0.2) is 0 Å². The highest BCUT2D eigenvalue weighted by Gasteiger charge is 2.46. The molecule has 0 amide bonds. The molecule has 3 nitrogen and oxygen atoms in total. The third kappa shape index (κ3) is 4.45. The number of benzene rings is 1. The first kappa shape index (κ1) is 19.7. The Bertz CT molecular complexity index is 691. The van der Waals surface area contributed by atoms with Gasteiger partial charge in [-0.05, 0) is 55.2 Å². The highest BCUT2D eigenvalue weighted by atomic mass is 16.6. The maximum Gasteiger partial charge on any atom is 0.320 e. The summed E-state index contributed by atoms with van der Waals surface area (Å²) >= 11 is 0. The lowest BCUT2D eigenvalue weighted by Gasteiger charge is -2.38. The standard InChI is InChI=1S/C24H32O3/c1-17(2)20-12-10-18(3)16-21(20)27-23(25)24(4)14-15-26-22(24)13-11-19-8-6-5-7-9-19/h5-9,11,13-15,17-18,20-22H,10,12,16H2,1-4H3/b13-11-/t18-,20+,21-,22-,24-/m0/s1. The van der Waals surface area contributed by atoms with Crippen LogP contribution in [-0.2, 0) is 14.3 Å². The van der Waals surface area contributed by atoms with E-state index in [9.17, 15) is 4.79 Å². The molecule has 3 heteroatoms. The monoisotopic (exact) mass is 368 g/mol. The molecule has 1 heterocycles. The predicted molar refractivity (Wildman–Crippen MR) is 109 cm³/mol. The summed E-state index contributed by atoms with van der Waals surface area (Å²) in [4.78, 5) is 13.1. The normalized spacial score (nSPS) is 33.4. The van der Waals surface area contributed by atoms with Crippen LogP contribution < -0.4 is 0 Å². The van der Waals surface area contributed by atoms with Gasteiger partial charge in [-0.15, -0.1) is 0 Å². The van der Waals surface area contributed by atoms with Crippen LogP contribution in [0.2, 0.25) is 0 Å². The Balaban J connectivity index is 1.71. The van der Waals surface area contributed by atoms with Gasteiger partial charge in [-0.1, -0.05) is 63.6 Å². The molecule has 0 bridgehead atoms. The summed E-state index contributed by atoms with van der Waals surface area (Å²) in [5, 5.41) is 0. The minimum atomic E-state index is -0.784. The Labute approximate surface area is 163 Å². The molecule has 0 radical (unpaired) electrons. The summed E-state index contributed by atoms with van der Waals surface area (Å²) in [5.41, 5.74) is 0.303. The number of hydrogen-bond donors (Lipinski definition) is 0. The van der Waals surface area contributed by atoms with Crippen molar-refractivity contribution in [1.29, 1.82) is 0 Å². The first-order chi connectivity index (χ1) is 12.9. The van der Waals surface area contributed by atoms with Crippen molar-refractivity contribution in [2.24, 2.45) is 23.2 Å². The second-order valence-corrected chi connectivity index (χ2v) is 8.68. The van der Waals surface area contributed by atoms with E-state index in [-0.39, 0.29) is 18.2 Å². The molecule has 0 spiro atoms. The van der Waals surface area contributed by atoms with E-state index in [1.54, 1.807) is 6.26 Å². The quantitative estimate of drug-likeness (QED) is 0.633. The van der Waals surface area contributed by atoms with Crippen molar-refractivity contribution in [3.8, 4) is 0 Å². The Morgan fingerprint density at radius 1 is 1.26 bits per heavy atom. The highest BCUT2D eigenvalue weighted by molar-refractivity contribution is 5.81. The van der Waals surface area contributed by atoms with Crippen molar-refractivity contribution in [3.63, 3.8) is 0 Å². The molecule has 0 aromatic heterocycles. The van der Waals surface area contributed by atoms with Gasteiger partial charge < -0.3 is 9.47 Å². The van der Waals surface area contributed by atoms with Crippen LogP contribution in [0.5, 0.6) is 0 Å². The molecule has 1 aromatic carbocycles. The molecule has 146 valence electrons. The Kier molecular flexibility index (Phi) is 6.08. The zero-order valence-corrected chi connectivity index (χ0v) is 16.9. The smallest absolute Gasteiger partial charge is 0.320 e. The van der Waals surface area contributed by atoms with Gasteiger partial charge in [0, 0.05) is 0 Å². The molecule has 3 rings (SSSR count). The zero-order valence-electron chi connectivity index (χ0n) is 16.9. The van der Waals surface area contributed by atoms with E-state index >= 15 is 0 Å². The van der Waals surface area contributed by atoms with Crippen molar-refractivity contribution in [1.82, 2.24) is 0 Å². The van der Waals surface area contributed by atoms with Crippen molar-refractivity contribution in [2.45, 2.75) is 59.2 Å². The van der Waals surface area contributed by atoms with E-state index in [2.05, 4.69) is 20.8 Å². The van der Waals surface area contributed by atoms with Crippen molar-refractivity contribution in [2.75, 3.05) is 0 Å². The molecule has 1 saturated carbocycles. The zero-order chi connectivity index (χ0) is 19.4. The van der Waals surface area contributed by atoms with Gasteiger partial charge in [0.15, 0.2) is 0 Å². The van der Waals surface area contributed by atoms with Crippen LogP contribution in [0.25, 0.3) is 6.08 Å². The van der Waals surface area contributed by atoms with Crippen molar-refractivity contribution >= 4 is 12.0 Å². The summed E-state index contributed by atoms with van der Waals surface area (Å²) in [6.07, 6.45) is 10.4. The molecule has 1 fully saturated rings. The Morgan fingerprint density at radius 2 is 2.00 bits per heavy atom. The minimum absolute atomic E-state index is 0.00540. The second kappa shape index (κ2) is 8.33. The Morgan fingerprint density at radius 3 is 2.70 bits per heavy atom. The average molecular weight is 369 g/mol. The van der Waals surface area contributed by atoms with Gasteiger partial charge in [-0.3, -0.25) is 4.79 Å². The van der Waals surface area contributed by atoms with Gasteiger partial charge in [0.05, 0.1) is 6.26 Å². The van der Waals surface area contributed by atoms with Gasteiger partial charge in [0.1, 0.15) is 17.6 Å². The molecule has 1 aliphatic carbocycles. The number of carbonyl (C=O) groups excluding carboxylic acids is 1. The van der Waals surface area contributed by atoms with E-state index in [1.165, 1.54) is 6.42 Å². The topological polar surface area (TPSA) is 35.5 Å². The summed E-state index contributed by atoms with van der Waals surface area (Å²) in [5.74, 6) is 1.39. The fourth-order valence-electron chi connectivity index (χ4n) is 4.21. The van der Waals surface area contributed by atoms with Crippen LogP contribution in [0, 0.1) is 23.2 Å². The van der Waals surface area contributed by atoms with Gasteiger partial charge in [-0.2, -0.15) is 0 Å². The second-order valence-electron chi connectivity index (χ2n) is 8.68. The number of ether oxygens (including phenoxy) is 2. The maximum atomic E-state index is 13.1. The predicted octanol–water partition coefficient (Wildman–Crippen LogP) is 5.62. The van der Waals surface area contributed by atoms with Crippen LogP contribution in [0.1, 0.15) is 52.5 Å². The SMILES string of the molecule is CC(C)[C@H]1CC[C@H](C)C[C@@H]1OC(=O)[C@@]1(C)C=CO[C@H]1/C=C\c1ccccc1. The maximum absolute atomic E-state index is 13.1. The molecular weight excluding hydrogens is 336 g/mol. The summed E-state index contributed by atoms with van der Waals surface area (Å²) in [6.45, 7) is 8.62. The van der Waals surface area contributed by atoms with Gasteiger partial charge in [0.25, 0.3) is 0 Å². The number of hydrogen-bond acceptors (Lipinski definition) is 3. The third-order valence-electron chi connectivity index (χ3n) is 6.15. The van der Waals surface area contributed by atoms with Crippen LogP contribution in [0.15, 0.2) is 48.7 Å². The lowest BCUT2D eigenvalue weighted by atomic mass is 9.75. The molecule has 0 N–H and O–H groups in total. The molecule has 5 atom stereocenters. The fraction of sp³-hybridized carbons (Fsp3) is 0.542. The van der Waals surface area contributed by atoms with Gasteiger partial charge >= 0.3 is 5.97 Å². The molecular formula is C24H32O3. The van der Waals surface area contributed by atoms with Crippen LogP contribution in [-0.4, -0.2) is 18.2 Å². The molecule has 0 saturated heterocycles.